The maximum Gasteiger partial charge on any atom is 0.0625 e. The molecule has 0 saturated heterocycles. The number of anilines is 3. The molecule has 0 amide bonds. The van der Waals surface area contributed by atoms with Crippen molar-refractivity contribution in [1.29, 1.82) is 0 Å². The van der Waals surface area contributed by atoms with Crippen molar-refractivity contribution in [3.8, 4) is 50.2 Å². The lowest BCUT2D eigenvalue weighted by Crippen LogP contribution is -2.11. The van der Waals surface area contributed by atoms with Gasteiger partial charge in [0, 0.05) is 38.9 Å². The topological polar surface area (TPSA) is 8.17 Å². The van der Waals surface area contributed by atoms with E-state index in [0.29, 0.717) is 0 Å². The van der Waals surface area contributed by atoms with Crippen molar-refractivity contribution in [3.63, 3.8) is 0 Å². The molecule has 0 bridgehead atoms. The SMILES string of the molecule is C1=CCCC(c2cc(-c3ccccc3)cc(N(c3ccc(-c4ccc(-c5ccccc5)cc4)cc3)c3cccc(-c4cc5ccccc5c5c4c4ccccc4n5-c4ccccc4)c3)c2)=C1. The van der Waals surface area contributed by atoms with Crippen LogP contribution in [0.15, 0.2) is 255 Å². The summed E-state index contributed by atoms with van der Waals surface area (Å²) in [5.41, 5.74) is 19.0. The fourth-order valence-corrected chi connectivity index (χ4v) is 10.0. The van der Waals surface area contributed by atoms with Gasteiger partial charge in [0.1, 0.15) is 0 Å². The molecule has 12 rings (SSSR count). The fraction of sp³-hybridized carbons (Fsp3) is 0.0312. The summed E-state index contributed by atoms with van der Waals surface area (Å²) in [6, 6.07) is 86.6. The highest BCUT2D eigenvalue weighted by atomic mass is 15.1. The van der Waals surface area contributed by atoms with Gasteiger partial charge < -0.3 is 9.47 Å². The summed E-state index contributed by atoms with van der Waals surface area (Å²) >= 11 is 0. The van der Waals surface area contributed by atoms with E-state index in [-0.39, 0.29) is 0 Å². The molecule has 0 spiro atoms. The molecule has 0 fully saturated rings. The smallest absolute Gasteiger partial charge is 0.0625 e. The molecule has 2 nitrogen and oxygen atoms in total. The van der Waals surface area contributed by atoms with Gasteiger partial charge in [-0.25, -0.2) is 0 Å². The third kappa shape index (κ3) is 7.19. The van der Waals surface area contributed by atoms with Gasteiger partial charge in [0.2, 0.25) is 0 Å². The Morgan fingerprint density at radius 1 is 0.379 bits per heavy atom. The van der Waals surface area contributed by atoms with E-state index in [1.807, 2.05) is 0 Å². The second kappa shape index (κ2) is 16.9. The van der Waals surface area contributed by atoms with Gasteiger partial charge in [-0.1, -0.05) is 188 Å². The molecule has 312 valence electrons. The molecule has 66 heavy (non-hydrogen) atoms. The Morgan fingerprint density at radius 3 is 1.64 bits per heavy atom. The third-order valence-corrected chi connectivity index (χ3v) is 13.2. The van der Waals surface area contributed by atoms with Gasteiger partial charge in [0.05, 0.1) is 11.0 Å². The largest absolute Gasteiger partial charge is 0.310 e. The molecule has 0 aliphatic heterocycles. The van der Waals surface area contributed by atoms with Crippen molar-refractivity contribution < 1.29 is 0 Å². The Balaban J connectivity index is 1.05. The first-order valence-electron chi connectivity index (χ1n) is 23.0. The minimum absolute atomic E-state index is 1.01. The molecule has 0 atom stereocenters. The van der Waals surface area contributed by atoms with Gasteiger partial charge in [-0.05, 0) is 141 Å². The van der Waals surface area contributed by atoms with Crippen LogP contribution in [0.3, 0.4) is 0 Å². The van der Waals surface area contributed by atoms with E-state index in [9.17, 15) is 0 Å². The lowest BCUT2D eigenvalue weighted by Gasteiger charge is -2.28. The zero-order valence-corrected chi connectivity index (χ0v) is 36.6. The van der Waals surface area contributed by atoms with E-state index < -0.39 is 0 Å². The van der Waals surface area contributed by atoms with Gasteiger partial charge >= 0.3 is 0 Å². The van der Waals surface area contributed by atoms with Crippen molar-refractivity contribution in [2.45, 2.75) is 12.8 Å². The zero-order valence-electron chi connectivity index (χ0n) is 36.6. The standard InChI is InChI=1S/C64H46N2/c1-5-18-45(19-6-1)48-32-34-49(35-33-48)50-36-38-56(39-37-50)65(58-42-53(46-20-7-2-8-21-46)40-54(43-58)47-22-9-3-10-23-47)57-28-17-25-51(41-57)61-44-52-24-13-14-29-59(52)64-63(61)60-30-15-16-31-62(60)66(64)55-26-11-4-12-27-55/h1-9,11-22,24-44H,10,23H2. The zero-order chi connectivity index (χ0) is 43.8. The maximum atomic E-state index is 2.45. The highest BCUT2D eigenvalue weighted by molar-refractivity contribution is 6.24. The van der Waals surface area contributed by atoms with Crippen LogP contribution >= 0.6 is 0 Å². The second-order valence-electron chi connectivity index (χ2n) is 17.2. The van der Waals surface area contributed by atoms with Crippen LogP contribution in [-0.2, 0) is 0 Å². The normalized spacial score (nSPS) is 12.5. The Hall–Kier alpha value is -8.46. The molecule has 2 heteroatoms. The van der Waals surface area contributed by atoms with Gasteiger partial charge in [-0.2, -0.15) is 0 Å². The molecule has 0 radical (unpaired) electrons. The Morgan fingerprint density at radius 2 is 0.939 bits per heavy atom. The number of aromatic nitrogens is 1. The van der Waals surface area contributed by atoms with Crippen molar-refractivity contribution in [1.82, 2.24) is 4.57 Å². The first-order valence-corrected chi connectivity index (χ1v) is 23.0. The summed E-state index contributed by atoms with van der Waals surface area (Å²) in [4.78, 5) is 2.45. The third-order valence-electron chi connectivity index (χ3n) is 13.2. The minimum atomic E-state index is 1.01. The second-order valence-corrected chi connectivity index (χ2v) is 17.2. The molecule has 0 unspecified atom stereocenters. The van der Waals surface area contributed by atoms with E-state index in [1.54, 1.807) is 0 Å². The molecular weight excluding hydrogens is 797 g/mol. The number of hydrogen-bond donors (Lipinski definition) is 0. The van der Waals surface area contributed by atoms with Crippen LogP contribution in [0.1, 0.15) is 18.4 Å². The van der Waals surface area contributed by atoms with Crippen LogP contribution in [0.2, 0.25) is 0 Å². The van der Waals surface area contributed by atoms with Gasteiger partial charge in [-0.3, -0.25) is 0 Å². The highest BCUT2D eigenvalue weighted by Crippen LogP contribution is 2.46. The van der Waals surface area contributed by atoms with Crippen LogP contribution in [0.5, 0.6) is 0 Å². The summed E-state index contributed by atoms with van der Waals surface area (Å²) in [6.07, 6.45) is 8.81. The number of nitrogens with zero attached hydrogens (tertiary/aromatic N) is 2. The van der Waals surface area contributed by atoms with Crippen LogP contribution in [0, 0.1) is 0 Å². The fourth-order valence-electron chi connectivity index (χ4n) is 10.0. The van der Waals surface area contributed by atoms with Crippen LogP contribution in [-0.4, -0.2) is 4.57 Å². The van der Waals surface area contributed by atoms with Crippen molar-refractivity contribution in [2.75, 3.05) is 4.90 Å². The first-order chi connectivity index (χ1) is 32.7. The summed E-state index contributed by atoms with van der Waals surface area (Å²) < 4.78 is 2.45. The number of rotatable bonds is 9. The van der Waals surface area contributed by atoms with E-state index in [2.05, 4.69) is 264 Å². The van der Waals surface area contributed by atoms with Crippen molar-refractivity contribution in [3.05, 3.63) is 260 Å². The highest BCUT2D eigenvalue weighted by Gasteiger charge is 2.22. The number of allylic oxidation sites excluding steroid dienone is 4. The number of hydrogen-bond acceptors (Lipinski definition) is 1. The maximum absolute atomic E-state index is 2.45. The molecule has 1 aliphatic rings. The molecular formula is C64H46N2. The predicted molar refractivity (Wildman–Crippen MR) is 281 cm³/mol. The molecule has 1 heterocycles. The molecule has 10 aromatic carbocycles. The van der Waals surface area contributed by atoms with Gasteiger partial charge in [0.15, 0.2) is 0 Å². The van der Waals surface area contributed by atoms with Crippen LogP contribution in [0.25, 0.3) is 88.3 Å². The Labute approximate surface area is 386 Å². The summed E-state index contributed by atoms with van der Waals surface area (Å²) in [6.45, 7) is 0. The van der Waals surface area contributed by atoms with Crippen LogP contribution in [0.4, 0.5) is 17.1 Å². The number of benzene rings is 10. The van der Waals surface area contributed by atoms with Crippen molar-refractivity contribution in [2.24, 2.45) is 0 Å². The van der Waals surface area contributed by atoms with E-state index in [4.69, 9.17) is 0 Å². The lowest BCUT2D eigenvalue weighted by molar-refractivity contribution is 1.05. The predicted octanol–water partition coefficient (Wildman–Crippen LogP) is 17.8. The molecule has 1 aromatic heterocycles. The lowest BCUT2D eigenvalue weighted by atomic mass is 9.92. The number of fused-ring (bicyclic) bond motifs is 5. The Bertz CT molecular complexity index is 3600. The average molecular weight is 843 g/mol. The molecule has 0 saturated carbocycles. The summed E-state index contributed by atoms with van der Waals surface area (Å²) in [5, 5.41) is 4.94. The molecule has 1 aliphatic carbocycles. The van der Waals surface area contributed by atoms with Crippen LogP contribution < -0.4 is 4.90 Å². The monoisotopic (exact) mass is 842 g/mol. The van der Waals surface area contributed by atoms with Crippen molar-refractivity contribution >= 4 is 55.2 Å². The molecule has 11 aromatic rings. The quantitative estimate of drug-likeness (QED) is 0.141. The van der Waals surface area contributed by atoms with E-state index >= 15 is 0 Å². The summed E-state index contributed by atoms with van der Waals surface area (Å²) in [5.74, 6) is 0. The van der Waals surface area contributed by atoms with E-state index in [1.165, 1.54) is 88.2 Å². The molecule has 0 N–H and O–H groups in total. The minimum Gasteiger partial charge on any atom is -0.310 e. The Kier molecular flexibility index (Phi) is 10.0. The first kappa shape index (κ1) is 39.2. The number of para-hydroxylation sites is 2. The van der Waals surface area contributed by atoms with E-state index in [0.717, 1.165) is 35.6 Å². The summed E-state index contributed by atoms with van der Waals surface area (Å²) in [7, 11) is 0. The van der Waals surface area contributed by atoms with Gasteiger partial charge in [0.25, 0.3) is 0 Å². The average Bonchev–Trinajstić information content (AvgIpc) is 3.75. The van der Waals surface area contributed by atoms with Gasteiger partial charge in [-0.15, -0.1) is 0 Å².